The van der Waals surface area contributed by atoms with Crippen molar-refractivity contribution in [3.05, 3.63) is 29.6 Å². The summed E-state index contributed by atoms with van der Waals surface area (Å²) >= 11 is 2.06. The lowest BCUT2D eigenvalue weighted by molar-refractivity contribution is 0.0377. The Kier molecular flexibility index (Phi) is 5.61. The van der Waals surface area contributed by atoms with E-state index in [4.69, 9.17) is 9.47 Å². The first kappa shape index (κ1) is 16.1. The fraction of sp³-hybridized carbons (Fsp3) is 0.647. The third-order valence-corrected chi connectivity index (χ3v) is 5.87. The molecular formula is C17H24FNO2S. The van der Waals surface area contributed by atoms with E-state index < -0.39 is 0 Å². The van der Waals surface area contributed by atoms with Crippen LogP contribution in [0.1, 0.15) is 18.4 Å². The Morgan fingerprint density at radius 2 is 2.36 bits per heavy atom. The van der Waals surface area contributed by atoms with Crippen LogP contribution in [-0.4, -0.2) is 55.4 Å². The van der Waals surface area contributed by atoms with Gasteiger partial charge in [0.05, 0.1) is 13.7 Å². The zero-order valence-electron chi connectivity index (χ0n) is 13.1. The highest BCUT2D eigenvalue weighted by atomic mass is 32.2. The summed E-state index contributed by atoms with van der Waals surface area (Å²) in [7, 11) is 1.50. The highest BCUT2D eigenvalue weighted by molar-refractivity contribution is 8.00. The number of rotatable bonds is 5. The quantitative estimate of drug-likeness (QED) is 0.830. The number of halogens is 1. The van der Waals surface area contributed by atoms with Gasteiger partial charge in [0.15, 0.2) is 11.6 Å². The Labute approximate surface area is 136 Å². The Morgan fingerprint density at radius 1 is 1.45 bits per heavy atom. The van der Waals surface area contributed by atoms with Gasteiger partial charge in [-0.15, -0.1) is 0 Å². The van der Waals surface area contributed by atoms with Gasteiger partial charge in [-0.1, -0.05) is 6.07 Å². The molecule has 0 spiro atoms. The Morgan fingerprint density at radius 3 is 3.18 bits per heavy atom. The van der Waals surface area contributed by atoms with E-state index in [1.807, 2.05) is 6.07 Å². The van der Waals surface area contributed by atoms with Gasteiger partial charge in [-0.3, -0.25) is 4.90 Å². The minimum atomic E-state index is -0.265. The van der Waals surface area contributed by atoms with Gasteiger partial charge in [-0.25, -0.2) is 4.39 Å². The molecular weight excluding hydrogens is 301 g/mol. The first-order valence-corrected chi connectivity index (χ1v) is 9.08. The fourth-order valence-electron chi connectivity index (χ4n) is 3.39. The lowest BCUT2D eigenvalue weighted by atomic mass is 10.0. The molecule has 2 saturated heterocycles. The number of fused-ring (bicyclic) bond motifs is 1. The van der Waals surface area contributed by atoms with Crippen LogP contribution >= 0.6 is 11.8 Å². The maximum atomic E-state index is 13.7. The molecule has 122 valence electrons. The molecule has 0 amide bonds. The van der Waals surface area contributed by atoms with Crippen LogP contribution in [0.4, 0.5) is 4.39 Å². The summed E-state index contributed by atoms with van der Waals surface area (Å²) in [5.74, 6) is 1.25. The van der Waals surface area contributed by atoms with Crippen LogP contribution < -0.4 is 4.74 Å². The van der Waals surface area contributed by atoms with Crippen molar-refractivity contribution in [1.29, 1.82) is 0 Å². The molecule has 0 N–H and O–H groups in total. The van der Waals surface area contributed by atoms with Crippen molar-refractivity contribution in [2.75, 3.05) is 39.2 Å². The molecule has 2 unspecified atom stereocenters. The molecule has 1 aromatic rings. The number of thioether (sulfide) groups is 1. The van der Waals surface area contributed by atoms with Crippen molar-refractivity contribution in [2.45, 2.75) is 30.6 Å². The summed E-state index contributed by atoms with van der Waals surface area (Å²) in [6, 6.07) is 5.95. The van der Waals surface area contributed by atoms with Gasteiger partial charge in [-0.05, 0) is 43.5 Å². The van der Waals surface area contributed by atoms with E-state index in [0.29, 0.717) is 17.0 Å². The summed E-state index contributed by atoms with van der Waals surface area (Å²) in [4.78, 5) is 2.61. The minimum absolute atomic E-state index is 0.265. The second-order valence-electron chi connectivity index (χ2n) is 5.95. The van der Waals surface area contributed by atoms with Crippen LogP contribution in [-0.2, 0) is 11.2 Å². The molecule has 0 aliphatic carbocycles. The maximum absolute atomic E-state index is 13.7. The summed E-state index contributed by atoms with van der Waals surface area (Å²) in [5, 5.41) is 0.640. The van der Waals surface area contributed by atoms with Gasteiger partial charge in [0.1, 0.15) is 0 Å². The Bertz CT molecular complexity index is 498. The highest BCUT2D eigenvalue weighted by Gasteiger charge is 2.33. The zero-order chi connectivity index (χ0) is 15.4. The van der Waals surface area contributed by atoms with Crippen molar-refractivity contribution in [3.8, 4) is 5.75 Å². The van der Waals surface area contributed by atoms with Crippen molar-refractivity contribution in [1.82, 2.24) is 4.90 Å². The summed E-state index contributed by atoms with van der Waals surface area (Å²) < 4.78 is 24.3. The minimum Gasteiger partial charge on any atom is -0.494 e. The lowest BCUT2D eigenvalue weighted by Crippen LogP contribution is -2.52. The van der Waals surface area contributed by atoms with Crippen molar-refractivity contribution < 1.29 is 13.9 Å². The van der Waals surface area contributed by atoms with Crippen LogP contribution in [0.25, 0.3) is 0 Å². The molecule has 22 heavy (non-hydrogen) atoms. The molecule has 0 aromatic heterocycles. The molecule has 1 aromatic carbocycles. The van der Waals surface area contributed by atoms with Crippen LogP contribution in [0, 0.1) is 5.82 Å². The lowest BCUT2D eigenvalue weighted by Gasteiger charge is -2.43. The van der Waals surface area contributed by atoms with E-state index in [-0.39, 0.29) is 5.82 Å². The third-order valence-electron chi connectivity index (χ3n) is 4.58. The average molecular weight is 325 g/mol. The third kappa shape index (κ3) is 3.76. The van der Waals surface area contributed by atoms with E-state index in [9.17, 15) is 4.39 Å². The topological polar surface area (TPSA) is 21.7 Å². The molecule has 0 saturated carbocycles. The molecule has 2 heterocycles. The van der Waals surface area contributed by atoms with Crippen molar-refractivity contribution in [3.63, 3.8) is 0 Å². The molecule has 2 atom stereocenters. The van der Waals surface area contributed by atoms with Crippen molar-refractivity contribution >= 4 is 11.8 Å². The maximum Gasteiger partial charge on any atom is 0.165 e. The Balaban J connectivity index is 1.50. The number of ether oxygens (including phenoxy) is 2. The second-order valence-corrected chi connectivity index (χ2v) is 7.30. The molecule has 2 aliphatic rings. The monoisotopic (exact) mass is 325 g/mol. The Hall–Kier alpha value is -0.780. The summed E-state index contributed by atoms with van der Waals surface area (Å²) in [6.07, 6.45) is 3.13. The molecule has 0 bridgehead atoms. The largest absolute Gasteiger partial charge is 0.494 e. The average Bonchev–Trinajstić information content (AvgIpc) is 2.55. The van der Waals surface area contributed by atoms with Crippen molar-refractivity contribution in [2.24, 2.45) is 0 Å². The number of nitrogens with zero attached hydrogens (tertiary/aromatic N) is 1. The van der Waals surface area contributed by atoms with Gasteiger partial charge in [0.2, 0.25) is 0 Å². The van der Waals surface area contributed by atoms with Gasteiger partial charge in [0.25, 0.3) is 0 Å². The SMILES string of the molecule is COc1ccc(CCCN2CCSC3COCCC32)cc1F. The molecule has 5 heteroatoms. The fourth-order valence-corrected chi connectivity index (χ4v) is 4.76. The van der Waals surface area contributed by atoms with E-state index >= 15 is 0 Å². The second kappa shape index (κ2) is 7.66. The van der Waals surface area contributed by atoms with Gasteiger partial charge < -0.3 is 9.47 Å². The summed E-state index contributed by atoms with van der Waals surface area (Å²) in [6.45, 7) is 4.05. The molecule has 2 aliphatic heterocycles. The molecule has 3 rings (SSSR count). The van der Waals surface area contributed by atoms with Gasteiger partial charge in [0, 0.05) is 30.2 Å². The number of hydrogen-bond donors (Lipinski definition) is 0. The number of benzene rings is 1. The van der Waals surface area contributed by atoms with Gasteiger partial charge >= 0.3 is 0 Å². The van der Waals surface area contributed by atoms with Crippen LogP contribution in [0.3, 0.4) is 0 Å². The van der Waals surface area contributed by atoms with E-state index in [0.717, 1.165) is 44.6 Å². The number of hydrogen-bond acceptors (Lipinski definition) is 4. The normalized spacial score (nSPS) is 25.7. The zero-order valence-corrected chi connectivity index (χ0v) is 13.9. The molecule has 3 nitrogen and oxygen atoms in total. The first-order valence-electron chi connectivity index (χ1n) is 8.04. The number of aryl methyl sites for hydroxylation is 1. The predicted molar refractivity (Wildman–Crippen MR) is 88.3 cm³/mol. The predicted octanol–water partition coefficient (Wildman–Crippen LogP) is 2.97. The van der Waals surface area contributed by atoms with Crippen LogP contribution in [0.2, 0.25) is 0 Å². The highest BCUT2D eigenvalue weighted by Crippen LogP contribution is 2.30. The van der Waals surface area contributed by atoms with Gasteiger partial charge in [-0.2, -0.15) is 11.8 Å². The van der Waals surface area contributed by atoms with E-state index in [2.05, 4.69) is 16.7 Å². The van der Waals surface area contributed by atoms with E-state index in [1.165, 1.54) is 19.4 Å². The standard InChI is InChI=1S/C17H24FNO2S/c1-20-16-5-4-13(11-14(16)18)3-2-7-19-8-10-22-17-12-21-9-6-15(17)19/h4-5,11,15,17H,2-3,6-10,12H2,1H3. The first-order chi connectivity index (χ1) is 10.8. The summed E-state index contributed by atoms with van der Waals surface area (Å²) in [5.41, 5.74) is 1.05. The van der Waals surface area contributed by atoms with Crippen LogP contribution in [0.5, 0.6) is 5.75 Å². The molecule has 2 fully saturated rings. The smallest absolute Gasteiger partial charge is 0.165 e. The molecule has 0 radical (unpaired) electrons. The number of methoxy groups -OCH3 is 1. The van der Waals surface area contributed by atoms with E-state index in [1.54, 1.807) is 12.1 Å². The van der Waals surface area contributed by atoms with Crippen LogP contribution in [0.15, 0.2) is 18.2 Å².